The molecule has 3 fully saturated rings. The first-order chi connectivity index (χ1) is 14.5. The molecule has 0 bridgehead atoms. The minimum Gasteiger partial charge on any atom is -0.473 e. The summed E-state index contributed by atoms with van der Waals surface area (Å²) in [5.41, 5.74) is -2.15. The molecule has 166 valence electrons. The SMILES string of the molecule is C[C@]1(O)C[C@@H](NC(=O)Cn2nc(O[C@H]3C[C@]4(CC4(F)F)C3)c3cc(Br)ccc3c2=O)C1. The van der Waals surface area contributed by atoms with Crippen LogP contribution in [0.2, 0.25) is 0 Å². The van der Waals surface area contributed by atoms with Gasteiger partial charge in [0.05, 0.1) is 16.4 Å². The van der Waals surface area contributed by atoms with Crippen molar-refractivity contribution in [1.29, 1.82) is 0 Å². The number of carbonyl (C=O) groups is 1. The molecular weight excluding hydrogens is 476 g/mol. The third-order valence-electron chi connectivity index (χ3n) is 6.65. The Morgan fingerprint density at radius 2 is 2.00 bits per heavy atom. The van der Waals surface area contributed by atoms with Gasteiger partial charge in [0.2, 0.25) is 11.8 Å². The van der Waals surface area contributed by atoms with Crippen LogP contribution in [0.3, 0.4) is 0 Å². The summed E-state index contributed by atoms with van der Waals surface area (Å²) in [5.74, 6) is -2.86. The van der Waals surface area contributed by atoms with Crippen molar-refractivity contribution >= 4 is 32.6 Å². The number of aliphatic hydroxyl groups is 1. The first-order valence-electron chi connectivity index (χ1n) is 10.2. The van der Waals surface area contributed by atoms with Gasteiger partial charge in [0.15, 0.2) is 0 Å². The number of rotatable bonds is 5. The van der Waals surface area contributed by atoms with Crippen molar-refractivity contribution in [2.75, 3.05) is 0 Å². The van der Waals surface area contributed by atoms with Crippen molar-refractivity contribution in [3.05, 3.63) is 33.0 Å². The van der Waals surface area contributed by atoms with E-state index in [4.69, 9.17) is 4.74 Å². The number of alkyl halides is 2. The Labute approximate surface area is 184 Å². The number of hydrogen-bond acceptors (Lipinski definition) is 5. The van der Waals surface area contributed by atoms with E-state index in [0.29, 0.717) is 23.6 Å². The van der Waals surface area contributed by atoms with Crippen LogP contribution in [-0.4, -0.2) is 44.5 Å². The van der Waals surface area contributed by atoms with Crippen LogP contribution in [0.1, 0.15) is 39.0 Å². The number of carbonyl (C=O) groups excluding carboxylic acids is 1. The zero-order valence-electron chi connectivity index (χ0n) is 16.8. The molecule has 1 spiro atoms. The second-order valence-corrected chi connectivity index (χ2v) is 10.4. The summed E-state index contributed by atoms with van der Waals surface area (Å²) < 4.78 is 34.7. The highest BCUT2D eigenvalue weighted by molar-refractivity contribution is 9.10. The van der Waals surface area contributed by atoms with Gasteiger partial charge in [0, 0.05) is 22.4 Å². The van der Waals surface area contributed by atoms with Gasteiger partial charge in [-0.3, -0.25) is 9.59 Å². The number of hydrogen-bond donors (Lipinski definition) is 2. The largest absolute Gasteiger partial charge is 0.473 e. The maximum atomic E-state index is 13.5. The zero-order chi connectivity index (χ0) is 22.2. The highest BCUT2D eigenvalue weighted by Crippen LogP contribution is 2.71. The van der Waals surface area contributed by atoms with Crippen molar-refractivity contribution in [2.24, 2.45) is 5.41 Å². The van der Waals surface area contributed by atoms with Crippen molar-refractivity contribution in [3.8, 4) is 5.88 Å². The molecule has 1 amide bonds. The Morgan fingerprint density at radius 1 is 1.32 bits per heavy atom. The summed E-state index contributed by atoms with van der Waals surface area (Å²) in [6.45, 7) is 1.40. The number of benzene rings is 1. The molecule has 0 radical (unpaired) electrons. The van der Waals surface area contributed by atoms with Gasteiger partial charge in [0.25, 0.3) is 11.5 Å². The number of nitrogens with one attached hydrogen (secondary N) is 1. The summed E-state index contributed by atoms with van der Waals surface area (Å²) >= 11 is 3.36. The standard InChI is InChI=1S/C21H22BrF2N3O4/c1-19(30)5-12(6-19)25-16(28)9-27-18(29)14-3-2-11(22)4-15(14)17(26-27)31-13-7-20(8-13)10-21(20,23)24/h2-4,12-13,30H,5-10H2,1H3,(H,25,28)/t12-,13-,19+,20+. The van der Waals surface area contributed by atoms with Crippen LogP contribution < -0.4 is 15.6 Å². The number of amides is 1. The lowest BCUT2D eigenvalue weighted by atomic mass is 9.77. The Balaban J connectivity index is 1.37. The van der Waals surface area contributed by atoms with Crippen LogP contribution in [0.5, 0.6) is 5.88 Å². The van der Waals surface area contributed by atoms with Gasteiger partial charge in [-0.1, -0.05) is 15.9 Å². The quantitative estimate of drug-likeness (QED) is 0.662. The number of halogens is 3. The fourth-order valence-corrected chi connectivity index (χ4v) is 5.17. The van der Waals surface area contributed by atoms with Crippen molar-refractivity contribution in [3.63, 3.8) is 0 Å². The predicted octanol–water partition coefficient (Wildman–Crippen LogP) is 2.76. The summed E-state index contributed by atoms with van der Waals surface area (Å²) in [6, 6.07) is 4.87. The zero-order valence-corrected chi connectivity index (χ0v) is 18.4. The predicted molar refractivity (Wildman–Crippen MR) is 111 cm³/mol. The van der Waals surface area contributed by atoms with E-state index < -0.39 is 34.5 Å². The lowest BCUT2D eigenvalue weighted by Gasteiger charge is -2.41. The van der Waals surface area contributed by atoms with Crippen LogP contribution >= 0.6 is 15.9 Å². The molecule has 0 saturated heterocycles. The van der Waals surface area contributed by atoms with Gasteiger partial charge in [-0.2, -0.15) is 0 Å². The molecule has 1 heterocycles. The molecule has 7 nitrogen and oxygen atoms in total. The molecule has 3 aliphatic rings. The highest BCUT2D eigenvalue weighted by atomic mass is 79.9. The number of fused-ring (bicyclic) bond motifs is 1. The Hall–Kier alpha value is -2.07. The fraction of sp³-hybridized carbons (Fsp3) is 0.571. The summed E-state index contributed by atoms with van der Waals surface area (Å²) in [4.78, 5) is 25.3. The average molecular weight is 498 g/mol. The lowest BCUT2D eigenvalue weighted by Crippen LogP contribution is -2.54. The van der Waals surface area contributed by atoms with Crippen LogP contribution in [0.25, 0.3) is 10.8 Å². The number of aromatic nitrogens is 2. The molecule has 1 aromatic carbocycles. The first-order valence-corrected chi connectivity index (χ1v) is 11.0. The molecule has 5 rings (SSSR count). The molecular formula is C21H22BrF2N3O4. The molecule has 3 saturated carbocycles. The van der Waals surface area contributed by atoms with Crippen molar-refractivity contribution in [2.45, 2.75) is 69.2 Å². The number of ether oxygens (including phenoxy) is 1. The van der Waals surface area contributed by atoms with Crippen LogP contribution in [0.4, 0.5) is 8.78 Å². The third-order valence-corrected chi connectivity index (χ3v) is 7.14. The van der Waals surface area contributed by atoms with Gasteiger partial charge in [-0.25, -0.2) is 13.5 Å². The van der Waals surface area contributed by atoms with E-state index in [1.165, 1.54) is 0 Å². The van der Waals surface area contributed by atoms with E-state index in [0.717, 1.165) is 9.15 Å². The molecule has 0 unspecified atom stereocenters. The second kappa shape index (κ2) is 6.71. The van der Waals surface area contributed by atoms with E-state index in [9.17, 15) is 23.5 Å². The molecule has 2 aromatic rings. The maximum Gasteiger partial charge on any atom is 0.275 e. The normalized spacial score (nSPS) is 32.9. The van der Waals surface area contributed by atoms with Gasteiger partial charge in [0.1, 0.15) is 12.6 Å². The summed E-state index contributed by atoms with van der Waals surface area (Å²) in [7, 11) is 0. The van der Waals surface area contributed by atoms with Crippen LogP contribution in [0, 0.1) is 5.41 Å². The Morgan fingerprint density at radius 3 is 2.61 bits per heavy atom. The van der Waals surface area contributed by atoms with Gasteiger partial charge in [-0.05, 0) is 50.8 Å². The summed E-state index contributed by atoms with van der Waals surface area (Å²) in [5, 5.41) is 17.6. The molecule has 2 N–H and O–H groups in total. The van der Waals surface area contributed by atoms with Gasteiger partial charge < -0.3 is 15.2 Å². The maximum absolute atomic E-state index is 13.5. The Bertz CT molecular complexity index is 1140. The summed E-state index contributed by atoms with van der Waals surface area (Å²) in [6.07, 6.45) is 0.897. The van der Waals surface area contributed by atoms with Crippen LogP contribution in [-0.2, 0) is 11.3 Å². The number of nitrogens with zero attached hydrogens (tertiary/aromatic N) is 2. The molecule has 3 aliphatic carbocycles. The third kappa shape index (κ3) is 3.63. The molecule has 0 aliphatic heterocycles. The smallest absolute Gasteiger partial charge is 0.275 e. The van der Waals surface area contributed by atoms with E-state index >= 15 is 0 Å². The fourth-order valence-electron chi connectivity index (χ4n) is 4.81. The highest BCUT2D eigenvalue weighted by Gasteiger charge is 2.76. The Kier molecular flexibility index (Phi) is 4.51. The van der Waals surface area contributed by atoms with E-state index in [-0.39, 0.29) is 37.7 Å². The lowest BCUT2D eigenvalue weighted by molar-refractivity contribution is -0.125. The van der Waals surface area contributed by atoms with E-state index in [1.807, 2.05) is 0 Å². The first kappa shape index (κ1) is 20.8. The minimum atomic E-state index is -2.62. The topological polar surface area (TPSA) is 93.5 Å². The van der Waals surface area contributed by atoms with E-state index in [1.54, 1.807) is 25.1 Å². The minimum absolute atomic E-state index is 0.104. The monoisotopic (exact) mass is 497 g/mol. The van der Waals surface area contributed by atoms with Gasteiger partial charge >= 0.3 is 0 Å². The molecule has 31 heavy (non-hydrogen) atoms. The van der Waals surface area contributed by atoms with Crippen molar-refractivity contribution in [1.82, 2.24) is 15.1 Å². The molecule has 1 aromatic heterocycles. The van der Waals surface area contributed by atoms with E-state index in [2.05, 4.69) is 26.3 Å². The average Bonchev–Trinajstić information content (AvgIpc) is 3.19. The van der Waals surface area contributed by atoms with Crippen molar-refractivity contribution < 1.29 is 23.4 Å². The molecule has 10 heteroatoms. The second-order valence-electron chi connectivity index (χ2n) is 9.44. The van der Waals surface area contributed by atoms with Crippen LogP contribution in [0.15, 0.2) is 27.5 Å². The van der Waals surface area contributed by atoms with Gasteiger partial charge in [-0.15, -0.1) is 5.10 Å². The molecule has 0 atom stereocenters.